The number of nitrogens with zero attached hydrogens (tertiary/aromatic N) is 1. The topological polar surface area (TPSA) is 46.6 Å². The summed E-state index contributed by atoms with van der Waals surface area (Å²) in [5, 5.41) is 0. The molecule has 1 amide bonds. The fourth-order valence-corrected chi connectivity index (χ4v) is 2.40. The van der Waals surface area contributed by atoms with E-state index in [2.05, 4.69) is 0 Å². The van der Waals surface area contributed by atoms with Crippen LogP contribution >= 0.6 is 0 Å². The van der Waals surface area contributed by atoms with Gasteiger partial charge in [0.1, 0.15) is 6.04 Å². The smallest absolute Gasteiger partial charge is 0.328 e. The maximum Gasteiger partial charge on any atom is 0.328 e. The maximum absolute atomic E-state index is 12.1. The Morgan fingerprint density at radius 1 is 1.24 bits per heavy atom. The lowest BCUT2D eigenvalue weighted by Crippen LogP contribution is -2.48. The number of ether oxygens (including phenoxy) is 1. The highest BCUT2D eigenvalue weighted by Crippen LogP contribution is 2.33. The minimum Gasteiger partial charge on any atom is -0.464 e. The van der Waals surface area contributed by atoms with E-state index in [-0.39, 0.29) is 17.9 Å². The van der Waals surface area contributed by atoms with Crippen molar-refractivity contribution in [1.29, 1.82) is 0 Å². The first-order valence-electron chi connectivity index (χ1n) is 6.68. The van der Waals surface area contributed by atoms with Crippen molar-refractivity contribution in [3.8, 4) is 0 Å². The van der Waals surface area contributed by atoms with Gasteiger partial charge >= 0.3 is 5.97 Å². The SMILES string of the molecule is CCOC(=O)C1CCCCN1C(=O)CC1CC1. The number of esters is 1. The quantitative estimate of drug-likeness (QED) is 0.702. The molecule has 96 valence electrons. The summed E-state index contributed by atoms with van der Waals surface area (Å²) in [5.41, 5.74) is 0. The Balaban J connectivity index is 1.94. The van der Waals surface area contributed by atoms with Gasteiger partial charge in [0.15, 0.2) is 0 Å². The van der Waals surface area contributed by atoms with Crippen molar-refractivity contribution in [2.75, 3.05) is 13.2 Å². The summed E-state index contributed by atoms with van der Waals surface area (Å²) in [7, 11) is 0. The van der Waals surface area contributed by atoms with Gasteiger partial charge in [-0.15, -0.1) is 0 Å². The zero-order valence-corrected chi connectivity index (χ0v) is 10.5. The van der Waals surface area contributed by atoms with Crippen LogP contribution in [0.4, 0.5) is 0 Å². The number of rotatable bonds is 4. The van der Waals surface area contributed by atoms with Crippen LogP contribution in [0, 0.1) is 5.92 Å². The summed E-state index contributed by atoms with van der Waals surface area (Å²) in [6.45, 7) is 2.91. The molecule has 0 radical (unpaired) electrons. The minimum absolute atomic E-state index is 0.144. The molecule has 0 N–H and O–H groups in total. The summed E-state index contributed by atoms with van der Waals surface area (Å²) in [4.78, 5) is 25.6. The average Bonchev–Trinajstić information content (AvgIpc) is 3.13. The predicted molar refractivity (Wildman–Crippen MR) is 63.3 cm³/mol. The molecular formula is C13H21NO3. The number of carbonyl (C=O) groups excluding carboxylic acids is 2. The second kappa shape index (κ2) is 5.52. The first kappa shape index (κ1) is 12.4. The molecule has 1 aliphatic carbocycles. The highest BCUT2D eigenvalue weighted by atomic mass is 16.5. The van der Waals surface area contributed by atoms with E-state index in [1.54, 1.807) is 11.8 Å². The molecule has 1 unspecified atom stereocenters. The van der Waals surface area contributed by atoms with Crippen molar-refractivity contribution in [2.45, 2.75) is 51.5 Å². The fraction of sp³-hybridized carbons (Fsp3) is 0.846. The Kier molecular flexibility index (Phi) is 4.02. The molecule has 2 fully saturated rings. The van der Waals surface area contributed by atoms with E-state index in [4.69, 9.17) is 4.74 Å². The second-order valence-electron chi connectivity index (χ2n) is 5.00. The molecule has 4 heteroatoms. The van der Waals surface area contributed by atoms with Crippen LogP contribution in [0.2, 0.25) is 0 Å². The van der Waals surface area contributed by atoms with E-state index < -0.39 is 0 Å². The monoisotopic (exact) mass is 239 g/mol. The summed E-state index contributed by atoms with van der Waals surface area (Å²) < 4.78 is 5.05. The Labute approximate surface area is 102 Å². The first-order valence-corrected chi connectivity index (χ1v) is 6.68. The number of likely N-dealkylation sites (tertiary alicyclic amines) is 1. The standard InChI is InChI=1S/C13H21NO3/c1-2-17-13(16)11-5-3-4-8-14(11)12(15)9-10-6-7-10/h10-11H,2-9H2,1H3. The van der Waals surface area contributed by atoms with E-state index in [0.717, 1.165) is 25.8 Å². The van der Waals surface area contributed by atoms with Gasteiger partial charge in [0, 0.05) is 13.0 Å². The van der Waals surface area contributed by atoms with E-state index in [0.29, 0.717) is 18.9 Å². The van der Waals surface area contributed by atoms with Crippen molar-refractivity contribution < 1.29 is 14.3 Å². The Morgan fingerprint density at radius 2 is 2.00 bits per heavy atom. The lowest BCUT2D eigenvalue weighted by Gasteiger charge is -2.34. The normalized spacial score (nSPS) is 24.5. The number of hydrogen-bond donors (Lipinski definition) is 0. The Morgan fingerprint density at radius 3 is 2.65 bits per heavy atom. The largest absolute Gasteiger partial charge is 0.464 e. The molecule has 1 atom stereocenters. The molecule has 1 heterocycles. The molecular weight excluding hydrogens is 218 g/mol. The first-order chi connectivity index (χ1) is 8.22. The Hall–Kier alpha value is -1.06. The summed E-state index contributed by atoms with van der Waals surface area (Å²) in [5.74, 6) is 0.494. The number of hydrogen-bond acceptors (Lipinski definition) is 3. The van der Waals surface area contributed by atoms with E-state index in [1.807, 2.05) is 0 Å². The third kappa shape index (κ3) is 3.20. The molecule has 1 aliphatic heterocycles. The molecule has 17 heavy (non-hydrogen) atoms. The molecule has 1 saturated heterocycles. The van der Waals surface area contributed by atoms with Gasteiger partial charge in [-0.3, -0.25) is 4.79 Å². The molecule has 1 saturated carbocycles. The average molecular weight is 239 g/mol. The number of amides is 1. The molecule has 2 aliphatic rings. The second-order valence-corrected chi connectivity index (χ2v) is 5.00. The van der Waals surface area contributed by atoms with Crippen LogP contribution in [0.5, 0.6) is 0 Å². The van der Waals surface area contributed by atoms with Gasteiger partial charge < -0.3 is 9.64 Å². The van der Waals surface area contributed by atoms with Gasteiger partial charge in [-0.05, 0) is 44.9 Å². The number of carbonyl (C=O) groups is 2. The lowest BCUT2D eigenvalue weighted by atomic mass is 10.0. The van der Waals surface area contributed by atoms with Crippen LogP contribution in [-0.2, 0) is 14.3 Å². The molecule has 0 aromatic heterocycles. The fourth-order valence-electron chi connectivity index (χ4n) is 2.40. The third-order valence-electron chi connectivity index (χ3n) is 3.54. The van der Waals surface area contributed by atoms with E-state index in [1.165, 1.54) is 12.8 Å². The zero-order valence-electron chi connectivity index (χ0n) is 10.5. The van der Waals surface area contributed by atoms with Crippen LogP contribution in [0.1, 0.15) is 45.4 Å². The number of piperidine rings is 1. The van der Waals surface area contributed by atoms with Crippen LogP contribution in [0.25, 0.3) is 0 Å². The molecule has 0 aromatic rings. The van der Waals surface area contributed by atoms with Crippen molar-refractivity contribution in [2.24, 2.45) is 5.92 Å². The highest BCUT2D eigenvalue weighted by Gasteiger charge is 2.35. The summed E-state index contributed by atoms with van der Waals surface area (Å²) in [6, 6.07) is -0.324. The van der Waals surface area contributed by atoms with E-state index >= 15 is 0 Å². The molecule has 0 spiro atoms. The van der Waals surface area contributed by atoms with Gasteiger partial charge in [0.05, 0.1) is 6.61 Å². The Bertz CT molecular complexity index is 299. The summed E-state index contributed by atoms with van der Waals surface area (Å²) >= 11 is 0. The van der Waals surface area contributed by atoms with Crippen molar-refractivity contribution in [1.82, 2.24) is 4.90 Å². The predicted octanol–water partition coefficient (Wildman–Crippen LogP) is 1.73. The van der Waals surface area contributed by atoms with Gasteiger partial charge in [-0.25, -0.2) is 4.79 Å². The molecule has 0 aromatic carbocycles. The van der Waals surface area contributed by atoms with Crippen molar-refractivity contribution >= 4 is 11.9 Å². The minimum atomic E-state index is -0.324. The van der Waals surface area contributed by atoms with Crippen LogP contribution < -0.4 is 0 Å². The molecule has 2 rings (SSSR count). The van der Waals surface area contributed by atoms with Gasteiger partial charge in [0.25, 0.3) is 0 Å². The zero-order chi connectivity index (χ0) is 12.3. The molecule has 4 nitrogen and oxygen atoms in total. The van der Waals surface area contributed by atoms with Gasteiger partial charge in [0.2, 0.25) is 5.91 Å². The van der Waals surface area contributed by atoms with Gasteiger partial charge in [-0.2, -0.15) is 0 Å². The van der Waals surface area contributed by atoms with Crippen LogP contribution in [-0.4, -0.2) is 36.0 Å². The third-order valence-corrected chi connectivity index (χ3v) is 3.54. The highest BCUT2D eigenvalue weighted by molar-refractivity contribution is 5.85. The lowest BCUT2D eigenvalue weighted by molar-refractivity contribution is -0.156. The van der Waals surface area contributed by atoms with Gasteiger partial charge in [-0.1, -0.05) is 0 Å². The van der Waals surface area contributed by atoms with Crippen molar-refractivity contribution in [3.05, 3.63) is 0 Å². The van der Waals surface area contributed by atoms with Crippen molar-refractivity contribution in [3.63, 3.8) is 0 Å². The van der Waals surface area contributed by atoms with E-state index in [9.17, 15) is 9.59 Å². The molecule has 0 bridgehead atoms. The van der Waals surface area contributed by atoms with Crippen LogP contribution in [0.15, 0.2) is 0 Å². The maximum atomic E-state index is 12.1. The summed E-state index contributed by atoms with van der Waals surface area (Å²) in [6.07, 6.45) is 5.74. The van der Waals surface area contributed by atoms with Crippen LogP contribution in [0.3, 0.4) is 0 Å².